The summed E-state index contributed by atoms with van der Waals surface area (Å²) in [4.78, 5) is 11.9. The Bertz CT molecular complexity index is 1030. The summed E-state index contributed by atoms with van der Waals surface area (Å²) in [5, 5.41) is 2.16. The van der Waals surface area contributed by atoms with Gasteiger partial charge in [-0.1, -0.05) is 12.1 Å². The maximum absolute atomic E-state index is 5.47. The molecular weight excluding hydrogens is 348 g/mol. The molecule has 3 heterocycles. The molecule has 1 aromatic carbocycles. The summed E-state index contributed by atoms with van der Waals surface area (Å²) in [5.41, 5.74) is 2.68. The Morgan fingerprint density at radius 2 is 2.10 bits per heavy atom. The van der Waals surface area contributed by atoms with Gasteiger partial charge in [0.2, 0.25) is 0 Å². The number of rotatable bonds is 1. The number of hydrogen-bond acceptors (Lipinski definition) is 3. The molecule has 0 aliphatic rings. The van der Waals surface area contributed by atoms with Crippen LogP contribution < -0.4 is 0 Å². The smallest absolute Gasteiger partial charge is 0.184 e. The zero-order chi connectivity index (χ0) is 14.4. The largest absolute Gasteiger partial charge is 0.329 e. The highest BCUT2D eigenvalue weighted by molar-refractivity contribution is 9.10. The van der Waals surface area contributed by atoms with Crippen molar-refractivity contribution in [2.24, 2.45) is 0 Å². The number of H-pyrrole nitrogens is 1. The van der Waals surface area contributed by atoms with E-state index >= 15 is 0 Å². The summed E-state index contributed by atoms with van der Waals surface area (Å²) in [6, 6.07) is 10.1. The lowest BCUT2D eigenvalue weighted by Crippen LogP contribution is -1.97. The molecule has 4 aromatic rings. The van der Waals surface area contributed by atoms with Gasteiger partial charge in [-0.05, 0) is 51.7 Å². The number of aromatic nitrogens is 4. The molecule has 21 heavy (non-hydrogen) atoms. The summed E-state index contributed by atoms with van der Waals surface area (Å²) in [6.07, 6.45) is 5.41. The van der Waals surface area contributed by atoms with Gasteiger partial charge in [-0.3, -0.25) is 9.55 Å². The number of nitrogens with one attached hydrogen (secondary N) is 1. The van der Waals surface area contributed by atoms with Crippen LogP contribution in [-0.4, -0.2) is 19.5 Å². The highest BCUT2D eigenvalue weighted by Gasteiger charge is 2.11. The molecule has 3 aromatic heterocycles. The Kier molecular flexibility index (Phi) is 2.87. The minimum absolute atomic E-state index is 0.618. The molecule has 0 aliphatic carbocycles. The lowest BCUT2D eigenvalue weighted by atomic mass is 10.1. The maximum atomic E-state index is 5.47. The number of imidazole rings is 1. The number of halogens is 1. The van der Waals surface area contributed by atoms with Crippen molar-refractivity contribution in [2.75, 3.05) is 0 Å². The summed E-state index contributed by atoms with van der Waals surface area (Å²) >= 11 is 8.90. The predicted molar refractivity (Wildman–Crippen MR) is 89.3 cm³/mol. The molecule has 0 atom stereocenters. The quantitative estimate of drug-likeness (QED) is 0.514. The van der Waals surface area contributed by atoms with E-state index in [4.69, 9.17) is 12.2 Å². The molecule has 6 heteroatoms. The Balaban J connectivity index is 2.14. The van der Waals surface area contributed by atoms with Gasteiger partial charge in [0.05, 0.1) is 11.2 Å². The molecule has 0 aliphatic heterocycles. The summed E-state index contributed by atoms with van der Waals surface area (Å²) in [7, 11) is 0. The fourth-order valence-corrected chi connectivity index (χ4v) is 3.11. The first kappa shape index (κ1) is 12.7. The second-order valence-electron chi connectivity index (χ2n) is 4.66. The van der Waals surface area contributed by atoms with E-state index in [2.05, 4.69) is 36.9 Å². The number of nitrogens with zero attached hydrogens (tertiary/aromatic N) is 3. The van der Waals surface area contributed by atoms with Crippen LogP contribution in [0.3, 0.4) is 0 Å². The second-order valence-corrected chi connectivity index (χ2v) is 5.97. The molecule has 0 saturated carbocycles. The molecule has 0 saturated heterocycles. The lowest BCUT2D eigenvalue weighted by molar-refractivity contribution is 1.05. The van der Waals surface area contributed by atoms with Crippen LogP contribution in [0.4, 0.5) is 0 Å². The van der Waals surface area contributed by atoms with Crippen LogP contribution in [0.25, 0.3) is 27.6 Å². The Morgan fingerprint density at radius 1 is 1.19 bits per heavy atom. The highest BCUT2D eigenvalue weighted by atomic mass is 79.9. The molecular formula is C15H9BrN4S. The van der Waals surface area contributed by atoms with Crippen LogP contribution in [0.2, 0.25) is 0 Å². The minimum Gasteiger partial charge on any atom is -0.329 e. The fourth-order valence-electron chi connectivity index (χ4n) is 2.49. The van der Waals surface area contributed by atoms with Gasteiger partial charge in [0.15, 0.2) is 10.4 Å². The van der Waals surface area contributed by atoms with Gasteiger partial charge in [0.1, 0.15) is 0 Å². The predicted octanol–water partition coefficient (Wildman–Crippen LogP) is 4.39. The summed E-state index contributed by atoms with van der Waals surface area (Å²) in [6.45, 7) is 0. The Morgan fingerprint density at radius 3 is 3.00 bits per heavy atom. The van der Waals surface area contributed by atoms with Crippen LogP contribution in [0.15, 0.2) is 53.4 Å². The van der Waals surface area contributed by atoms with Gasteiger partial charge in [-0.15, -0.1) is 0 Å². The molecule has 0 bridgehead atoms. The zero-order valence-electron chi connectivity index (χ0n) is 10.7. The van der Waals surface area contributed by atoms with Crippen molar-refractivity contribution in [3.8, 4) is 5.69 Å². The third-order valence-electron chi connectivity index (χ3n) is 3.39. The van der Waals surface area contributed by atoms with Crippen molar-refractivity contribution in [1.82, 2.24) is 19.5 Å². The Hall–Kier alpha value is -2.05. The van der Waals surface area contributed by atoms with Crippen molar-refractivity contribution < 1.29 is 0 Å². The normalized spacial score (nSPS) is 11.3. The number of fused-ring (bicyclic) bond motifs is 2. The Labute approximate surface area is 133 Å². The van der Waals surface area contributed by atoms with E-state index in [1.807, 2.05) is 35.0 Å². The maximum Gasteiger partial charge on any atom is 0.184 e. The first-order valence-electron chi connectivity index (χ1n) is 6.33. The van der Waals surface area contributed by atoms with Crippen LogP contribution in [0, 0.1) is 4.77 Å². The van der Waals surface area contributed by atoms with Crippen molar-refractivity contribution >= 4 is 50.1 Å². The van der Waals surface area contributed by atoms with Crippen molar-refractivity contribution in [3.63, 3.8) is 0 Å². The van der Waals surface area contributed by atoms with E-state index in [1.165, 1.54) is 0 Å². The van der Waals surface area contributed by atoms with Gasteiger partial charge < -0.3 is 4.98 Å². The molecule has 0 spiro atoms. The molecule has 0 fully saturated rings. The number of hydrogen-bond donors (Lipinski definition) is 1. The monoisotopic (exact) mass is 356 g/mol. The van der Waals surface area contributed by atoms with Gasteiger partial charge in [0.25, 0.3) is 0 Å². The van der Waals surface area contributed by atoms with Gasteiger partial charge >= 0.3 is 0 Å². The topological polar surface area (TPSA) is 46.5 Å². The highest BCUT2D eigenvalue weighted by Crippen LogP contribution is 2.26. The van der Waals surface area contributed by atoms with E-state index < -0.39 is 0 Å². The van der Waals surface area contributed by atoms with E-state index in [9.17, 15) is 0 Å². The average molecular weight is 357 g/mol. The lowest BCUT2D eigenvalue weighted by Gasteiger charge is -2.07. The summed E-state index contributed by atoms with van der Waals surface area (Å²) < 4.78 is 3.48. The molecule has 4 rings (SSSR count). The number of pyridine rings is 2. The van der Waals surface area contributed by atoms with Crippen LogP contribution in [0.1, 0.15) is 0 Å². The van der Waals surface area contributed by atoms with Gasteiger partial charge in [-0.25, -0.2) is 4.98 Å². The number of benzene rings is 1. The first-order valence-corrected chi connectivity index (χ1v) is 7.53. The van der Waals surface area contributed by atoms with E-state index in [0.29, 0.717) is 4.77 Å². The van der Waals surface area contributed by atoms with Gasteiger partial charge in [0, 0.05) is 28.4 Å². The average Bonchev–Trinajstić information content (AvgIpc) is 2.81. The molecule has 1 N–H and O–H groups in total. The second kappa shape index (κ2) is 4.75. The third kappa shape index (κ3) is 1.99. The van der Waals surface area contributed by atoms with Crippen molar-refractivity contribution in [1.29, 1.82) is 0 Å². The number of aromatic amines is 1. The van der Waals surface area contributed by atoms with E-state index in [-0.39, 0.29) is 0 Å². The van der Waals surface area contributed by atoms with Gasteiger partial charge in [-0.2, -0.15) is 0 Å². The molecule has 102 valence electrons. The third-order valence-corrected chi connectivity index (χ3v) is 4.11. The molecule has 4 nitrogen and oxygen atoms in total. The van der Waals surface area contributed by atoms with Crippen LogP contribution >= 0.6 is 28.1 Å². The van der Waals surface area contributed by atoms with Crippen molar-refractivity contribution in [2.45, 2.75) is 0 Å². The van der Waals surface area contributed by atoms with E-state index in [0.717, 1.165) is 32.1 Å². The first-order chi connectivity index (χ1) is 10.2. The zero-order valence-corrected chi connectivity index (χ0v) is 13.1. The van der Waals surface area contributed by atoms with Crippen molar-refractivity contribution in [3.05, 3.63) is 58.2 Å². The molecule has 0 unspecified atom stereocenters. The molecule has 0 amide bonds. The molecule has 0 radical (unpaired) electrons. The minimum atomic E-state index is 0.618. The summed E-state index contributed by atoms with van der Waals surface area (Å²) in [5.74, 6) is 0. The SMILES string of the molecule is S=c1[nH]c2cc(Br)cnc2n1-c1cccc2ccncc12. The van der Waals surface area contributed by atoms with Crippen LogP contribution in [0.5, 0.6) is 0 Å². The standard InChI is InChI=1S/C15H9BrN4S/c16-10-6-12-14(18-7-10)20(15(21)19-12)13-3-1-2-9-4-5-17-8-11(9)13/h1-8H,(H,19,21). The fraction of sp³-hybridized carbons (Fsp3) is 0. The van der Waals surface area contributed by atoms with E-state index in [1.54, 1.807) is 12.4 Å². The van der Waals surface area contributed by atoms with Crippen LogP contribution in [-0.2, 0) is 0 Å².